The van der Waals surface area contributed by atoms with Crippen molar-refractivity contribution < 1.29 is 24.3 Å². The first-order valence-corrected chi connectivity index (χ1v) is 9.34. The number of rotatable bonds is 6. The molecule has 0 spiro atoms. The van der Waals surface area contributed by atoms with Gasteiger partial charge < -0.3 is 14.2 Å². The van der Waals surface area contributed by atoms with Crippen molar-refractivity contribution in [3.63, 3.8) is 0 Å². The summed E-state index contributed by atoms with van der Waals surface area (Å²) >= 11 is 7.17. The zero-order valence-corrected chi connectivity index (χ0v) is 16.2. The van der Waals surface area contributed by atoms with E-state index in [0.29, 0.717) is 20.7 Å². The molecule has 1 aromatic carbocycles. The van der Waals surface area contributed by atoms with Gasteiger partial charge >= 0.3 is 5.97 Å². The molecule has 0 bridgehead atoms. The third kappa shape index (κ3) is 3.38. The second-order valence-electron chi connectivity index (χ2n) is 6.12. The first kappa shape index (κ1) is 19.5. The van der Waals surface area contributed by atoms with Crippen LogP contribution in [0.4, 0.5) is 11.4 Å². The predicted molar refractivity (Wildman–Crippen MR) is 106 cm³/mol. The van der Waals surface area contributed by atoms with Crippen molar-refractivity contribution in [3.8, 4) is 10.6 Å². The summed E-state index contributed by atoms with van der Waals surface area (Å²) < 4.78 is 6.99. The highest BCUT2D eigenvalue weighted by Gasteiger charge is 2.27. The molecule has 152 valence electrons. The van der Waals surface area contributed by atoms with Crippen molar-refractivity contribution in [2.24, 2.45) is 0 Å². The van der Waals surface area contributed by atoms with Crippen molar-refractivity contribution in [3.05, 3.63) is 72.4 Å². The lowest BCUT2D eigenvalue weighted by molar-refractivity contribution is -0.393. The van der Waals surface area contributed by atoms with Crippen LogP contribution in [0.5, 0.6) is 0 Å². The number of aromatic carboxylic acids is 1. The van der Waals surface area contributed by atoms with Crippen molar-refractivity contribution in [1.29, 1.82) is 0 Å². The van der Waals surface area contributed by atoms with Gasteiger partial charge in [-0.3, -0.25) is 20.2 Å². The number of nitro groups is 2. The highest BCUT2D eigenvalue weighted by Crippen LogP contribution is 2.35. The van der Waals surface area contributed by atoms with Crippen molar-refractivity contribution in [1.82, 2.24) is 9.72 Å². The minimum absolute atomic E-state index is 0.0575. The quantitative estimate of drug-likeness (QED) is 0.332. The summed E-state index contributed by atoms with van der Waals surface area (Å²) in [7, 11) is 0. The second-order valence-corrected chi connectivity index (χ2v) is 7.84. The van der Waals surface area contributed by atoms with Crippen LogP contribution in [0.3, 0.4) is 0 Å². The van der Waals surface area contributed by atoms with Crippen molar-refractivity contribution in [2.75, 3.05) is 0 Å². The Bertz CT molecular complexity index is 1340. The number of carboxylic acids is 1. The summed E-state index contributed by atoms with van der Waals surface area (Å²) in [6, 6.07) is 8.02. The molecule has 0 aliphatic rings. The molecular formula is C17H9ClN4O7S. The van der Waals surface area contributed by atoms with E-state index in [1.807, 2.05) is 0 Å². The summed E-state index contributed by atoms with van der Waals surface area (Å²) in [5, 5.41) is 36.2. The molecule has 0 unspecified atom stereocenters. The lowest BCUT2D eigenvalue weighted by atomic mass is 10.2. The number of non-ortho nitro benzene ring substituents is 2. The number of hydrogen-bond acceptors (Lipinski definition) is 8. The van der Waals surface area contributed by atoms with Crippen LogP contribution in [-0.4, -0.2) is 30.6 Å². The SMILES string of the molecule is O=C(O)c1cc2cc([N+](=O)[O-])cc([N+](=O)[O-])c2n1Cc1cc(-c2ccc(Cl)s2)on1. The van der Waals surface area contributed by atoms with Gasteiger partial charge in [-0.15, -0.1) is 11.3 Å². The maximum Gasteiger partial charge on any atom is 0.352 e. The van der Waals surface area contributed by atoms with Gasteiger partial charge in [0.2, 0.25) is 0 Å². The fourth-order valence-corrected chi connectivity index (χ4v) is 4.06. The van der Waals surface area contributed by atoms with Crippen molar-refractivity contribution in [2.45, 2.75) is 6.54 Å². The first-order chi connectivity index (χ1) is 14.2. The number of halogens is 1. The lowest BCUT2D eigenvalue weighted by Crippen LogP contribution is -2.10. The molecule has 0 aliphatic heterocycles. The standard InChI is InChI=1S/C17H9ClN4O7S/c18-15-2-1-14(30-15)13-5-9(19-29-13)7-20-12(17(23)24)4-8-3-10(21(25)26)6-11(16(8)20)22(27)28/h1-6H,7H2,(H,23,24). The molecule has 13 heteroatoms. The Morgan fingerprint density at radius 2 is 1.97 bits per heavy atom. The number of fused-ring (bicyclic) bond motifs is 1. The van der Waals surface area contributed by atoms with Crippen LogP contribution < -0.4 is 0 Å². The highest BCUT2D eigenvalue weighted by molar-refractivity contribution is 7.19. The molecule has 4 rings (SSSR count). The Kier molecular flexibility index (Phi) is 4.72. The second kappa shape index (κ2) is 7.24. The molecule has 0 saturated carbocycles. The van der Waals surface area contributed by atoms with Crippen LogP contribution >= 0.6 is 22.9 Å². The highest BCUT2D eigenvalue weighted by atomic mass is 35.5. The zero-order chi connectivity index (χ0) is 21.6. The topological polar surface area (TPSA) is 155 Å². The normalized spacial score (nSPS) is 11.1. The average Bonchev–Trinajstić information content (AvgIpc) is 3.40. The molecule has 11 nitrogen and oxygen atoms in total. The Balaban J connectivity index is 1.86. The van der Waals surface area contributed by atoms with Gasteiger partial charge in [0.25, 0.3) is 11.4 Å². The van der Waals surface area contributed by atoms with E-state index in [9.17, 15) is 30.1 Å². The Hall–Kier alpha value is -3.77. The summed E-state index contributed by atoms with van der Waals surface area (Å²) in [4.78, 5) is 33.5. The van der Waals surface area contributed by atoms with Gasteiger partial charge in [-0.25, -0.2) is 4.79 Å². The number of nitrogens with zero attached hydrogens (tertiary/aromatic N) is 4. The van der Waals surface area contributed by atoms with E-state index in [1.165, 1.54) is 15.9 Å². The number of carbonyl (C=O) groups is 1. The van der Waals surface area contributed by atoms with Gasteiger partial charge in [-0.1, -0.05) is 16.8 Å². The maximum atomic E-state index is 11.7. The van der Waals surface area contributed by atoms with Crippen LogP contribution in [0.15, 0.2) is 40.9 Å². The molecular weight excluding hydrogens is 440 g/mol. The third-order valence-electron chi connectivity index (χ3n) is 4.28. The first-order valence-electron chi connectivity index (χ1n) is 8.15. The molecule has 3 aromatic heterocycles. The van der Waals surface area contributed by atoms with E-state index in [0.717, 1.165) is 18.2 Å². The number of thiophene rings is 1. The smallest absolute Gasteiger partial charge is 0.352 e. The average molecular weight is 449 g/mol. The van der Waals surface area contributed by atoms with E-state index < -0.39 is 27.2 Å². The molecule has 0 radical (unpaired) electrons. The molecule has 4 aromatic rings. The fourth-order valence-electron chi connectivity index (χ4n) is 3.07. The Morgan fingerprint density at radius 3 is 2.57 bits per heavy atom. The maximum absolute atomic E-state index is 11.7. The molecule has 3 heterocycles. The molecule has 0 atom stereocenters. The van der Waals surface area contributed by atoms with Gasteiger partial charge in [0.05, 0.1) is 31.7 Å². The number of nitro benzene ring substituents is 2. The third-order valence-corrected chi connectivity index (χ3v) is 5.52. The Morgan fingerprint density at radius 1 is 1.20 bits per heavy atom. The van der Waals surface area contributed by atoms with Gasteiger partial charge in [0.15, 0.2) is 5.76 Å². The van der Waals surface area contributed by atoms with Crippen LogP contribution in [0, 0.1) is 20.2 Å². The number of aromatic nitrogens is 2. The molecule has 0 aliphatic carbocycles. The lowest BCUT2D eigenvalue weighted by Gasteiger charge is -2.06. The Labute approximate surface area is 175 Å². The summed E-state index contributed by atoms with van der Waals surface area (Å²) in [5.74, 6) is -0.947. The minimum atomic E-state index is -1.35. The van der Waals surface area contributed by atoms with Crippen LogP contribution in [0.25, 0.3) is 21.5 Å². The largest absolute Gasteiger partial charge is 0.477 e. The predicted octanol–water partition coefficient (Wildman–Crippen LogP) is 4.57. The molecule has 30 heavy (non-hydrogen) atoms. The van der Waals surface area contributed by atoms with E-state index in [1.54, 1.807) is 18.2 Å². The zero-order valence-electron chi connectivity index (χ0n) is 14.6. The number of benzene rings is 1. The molecule has 0 fully saturated rings. The van der Waals surface area contributed by atoms with Crippen molar-refractivity contribution >= 4 is 51.2 Å². The van der Waals surface area contributed by atoms with Gasteiger partial charge in [-0.2, -0.15) is 0 Å². The van der Waals surface area contributed by atoms with Crippen LogP contribution in [0.2, 0.25) is 4.34 Å². The minimum Gasteiger partial charge on any atom is -0.477 e. The molecule has 0 saturated heterocycles. The summed E-state index contributed by atoms with van der Waals surface area (Å²) in [6.45, 7) is -0.160. The van der Waals surface area contributed by atoms with Gasteiger partial charge in [0.1, 0.15) is 16.9 Å². The van der Waals surface area contributed by atoms with E-state index in [4.69, 9.17) is 16.1 Å². The summed E-state index contributed by atoms with van der Waals surface area (Å²) in [6.07, 6.45) is 0. The van der Waals surface area contributed by atoms with E-state index in [2.05, 4.69) is 5.16 Å². The van der Waals surface area contributed by atoms with E-state index in [-0.39, 0.29) is 23.1 Å². The van der Waals surface area contributed by atoms with Gasteiger partial charge in [0, 0.05) is 17.5 Å². The summed E-state index contributed by atoms with van der Waals surface area (Å²) in [5.41, 5.74) is -1.13. The van der Waals surface area contributed by atoms with Crippen LogP contribution in [0.1, 0.15) is 16.2 Å². The number of carboxylic acid groups (broad SMARTS) is 1. The van der Waals surface area contributed by atoms with Crippen LogP contribution in [-0.2, 0) is 6.54 Å². The fraction of sp³-hybridized carbons (Fsp3) is 0.0588. The molecule has 0 amide bonds. The number of hydrogen-bond donors (Lipinski definition) is 1. The monoisotopic (exact) mass is 448 g/mol. The van der Waals surface area contributed by atoms with E-state index >= 15 is 0 Å². The van der Waals surface area contributed by atoms with Gasteiger partial charge in [-0.05, 0) is 18.2 Å². The molecule has 1 N–H and O–H groups in total.